The molecule has 0 N–H and O–H groups in total. The summed E-state index contributed by atoms with van der Waals surface area (Å²) in [6.07, 6.45) is 1.52. The number of ether oxygens (including phenoxy) is 1. The molecule has 4 aromatic heterocycles. The summed E-state index contributed by atoms with van der Waals surface area (Å²) in [5, 5.41) is 17.1. The van der Waals surface area contributed by atoms with Crippen molar-refractivity contribution >= 4 is 23.1 Å². The molecule has 28 heavy (non-hydrogen) atoms. The van der Waals surface area contributed by atoms with Gasteiger partial charge in [-0.3, -0.25) is 0 Å². The first kappa shape index (κ1) is 16.8. The van der Waals surface area contributed by atoms with Crippen molar-refractivity contribution < 1.29 is 4.74 Å². The van der Waals surface area contributed by atoms with Crippen LogP contribution in [0.5, 0.6) is 0 Å². The summed E-state index contributed by atoms with van der Waals surface area (Å²) in [5.74, 6) is 3.21. The van der Waals surface area contributed by atoms with Gasteiger partial charge in [-0.05, 0) is 19.1 Å². The lowest BCUT2D eigenvalue weighted by Crippen LogP contribution is -2.59. The molecule has 0 aliphatic carbocycles. The Bertz CT molecular complexity index is 1150. The fourth-order valence-corrected chi connectivity index (χ4v) is 3.45. The van der Waals surface area contributed by atoms with E-state index in [0.717, 1.165) is 41.9 Å². The molecule has 1 fully saturated rings. The molecule has 1 saturated heterocycles. The molecule has 1 aliphatic rings. The van der Waals surface area contributed by atoms with Crippen LogP contribution in [0.1, 0.15) is 11.5 Å². The normalized spacial score (nSPS) is 14.8. The molecule has 0 radical (unpaired) electrons. The monoisotopic (exact) mass is 380 g/mol. The molecule has 0 amide bonds. The number of aryl methyl sites for hydroxylation is 1. The number of methoxy groups -OCH3 is 1. The van der Waals surface area contributed by atoms with Gasteiger partial charge in [-0.1, -0.05) is 0 Å². The first-order valence-electron chi connectivity index (χ1n) is 8.99. The predicted octanol–water partition coefficient (Wildman–Crippen LogP) is 0.342. The summed E-state index contributed by atoms with van der Waals surface area (Å²) in [7, 11) is 3.72. The maximum absolute atomic E-state index is 5.23. The highest BCUT2D eigenvalue weighted by molar-refractivity contribution is 5.53. The van der Waals surface area contributed by atoms with Crippen LogP contribution in [-0.2, 0) is 11.3 Å². The average molecular weight is 380 g/mol. The summed E-state index contributed by atoms with van der Waals surface area (Å²) in [6.45, 7) is 4.04. The number of aromatic nitrogens is 8. The van der Waals surface area contributed by atoms with Gasteiger partial charge < -0.3 is 14.5 Å². The minimum Gasteiger partial charge on any atom is -0.378 e. The van der Waals surface area contributed by atoms with Crippen LogP contribution >= 0.6 is 0 Å². The summed E-state index contributed by atoms with van der Waals surface area (Å²) in [4.78, 5) is 13.1. The lowest BCUT2D eigenvalue weighted by Gasteiger charge is -2.45. The second kappa shape index (κ2) is 6.37. The van der Waals surface area contributed by atoms with Crippen LogP contribution in [0.4, 0.5) is 11.6 Å². The summed E-state index contributed by atoms with van der Waals surface area (Å²) >= 11 is 0. The highest BCUT2D eigenvalue weighted by atomic mass is 16.5. The Morgan fingerprint density at radius 1 is 1.21 bits per heavy atom. The van der Waals surface area contributed by atoms with Gasteiger partial charge >= 0.3 is 0 Å². The van der Waals surface area contributed by atoms with Crippen molar-refractivity contribution in [3.05, 3.63) is 36.0 Å². The van der Waals surface area contributed by atoms with E-state index >= 15 is 0 Å². The van der Waals surface area contributed by atoms with E-state index in [2.05, 4.69) is 47.2 Å². The van der Waals surface area contributed by atoms with E-state index in [1.807, 2.05) is 25.1 Å². The zero-order valence-corrected chi connectivity index (χ0v) is 15.9. The molecule has 5 rings (SSSR count). The number of rotatable bonds is 5. The van der Waals surface area contributed by atoms with Crippen LogP contribution in [-0.4, -0.2) is 72.7 Å². The Morgan fingerprint density at radius 3 is 2.89 bits per heavy atom. The van der Waals surface area contributed by atoms with Gasteiger partial charge in [0.2, 0.25) is 0 Å². The van der Waals surface area contributed by atoms with Gasteiger partial charge in [-0.2, -0.15) is 19.1 Å². The molecule has 4 aromatic rings. The Hall–Kier alpha value is -3.34. The topological polar surface area (TPSA) is 102 Å². The van der Waals surface area contributed by atoms with E-state index in [1.165, 1.54) is 6.33 Å². The van der Waals surface area contributed by atoms with Crippen LogP contribution in [0, 0.1) is 6.92 Å². The number of anilines is 2. The van der Waals surface area contributed by atoms with Crippen LogP contribution in [0.2, 0.25) is 0 Å². The molecule has 144 valence electrons. The molecule has 0 spiro atoms. The van der Waals surface area contributed by atoms with Gasteiger partial charge in [0, 0.05) is 33.3 Å². The smallest absolute Gasteiger partial charge is 0.254 e. The summed E-state index contributed by atoms with van der Waals surface area (Å²) in [6, 6.07) is 6.25. The molecule has 5 heterocycles. The van der Waals surface area contributed by atoms with E-state index in [0.29, 0.717) is 18.4 Å². The third-order valence-electron chi connectivity index (χ3n) is 5.08. The highest BCUT2D eigenvalue weighted by Crippen LogP contribution is 2.26. The maximum atomic E-state index is 5.23. The predicted molar refractivity (Wildman–Crippen MR) is 101 cm³/mol. The second-order valence-corrected chi connectivity index (χ2v) is 6.89. The van der Waals surface area contributed by atoms with Gasteiger partial charge in [-0.15, -0.1) is 15.3 Å². The van der Waals surface area contributed by atoms with E-state index in [4.69, 9.17) is 4.74 Å². The zero-order valence-electron chi connectivity index (χ0n) is 15.9. The van der Waals surface area contributed by atoms with Crippen LogP contribution < -0.4 is 9.80 Å². The van der Waals surface area contributed by atoms with Crippen molar-refractivity contribution in [3.63, 3.8) is 0 Å². The number of likely N-dealkylation sites (N-methyl/N-ethyl adjacent to an activating group) is 1. The standard InChI is InChI=1S/C17H20N10O/c1-11-21-22-14-4-5-15(23-26(11)14)25-7-13(8-25)24(2)16-6-12(9-28-3)20-17-18-10-19-27(16)17/h4-6,10,13H,7-9H2,1-3H3. The van der Waals surface area contributed by atoms with E-state index in [9.17, 15) is 0 Å². The minimum atomic E-state index is 0.324. The molecule has 0 aromatic carbocycles. The van der Waals surface area contributed by atoms with Crippen molar-refractivity contribution in [1.29, 1.82) is 0 Å². The Kier molecular flexibility index (Phi) is 3.83. The average Bonchev–Trinajstić information content (AvgIpc) is 3.27. The number of fused-ring (bicyclic) bond motifs is 2. The van der Waals surface area contributed by atoms with Crippen molar-refractivity contribution in [2.24, 2.45) is 0 Å². The summed E-state index contributed by atoms with van der Waals surface area (Å²) in [5.41, 5.74) is 1.59. The van der Waals surface area contributed by atoms with Crippen LogP contribution in [0.3, 0.4) is 0 Å². The molecule has 11 nitrogen and oxygen atoms in total. The van der Waals surface area contributed by atoms with E-state index in [-0.39, 0.29) is 0 Å². The van der Waals surface area contributed by atoms with Crippen LogP contribution in [0.15, 0.2) is 24.5 Å². The van der Waals surface area contributed by atoms with E-state index in [1.54, 1.807) is 16.1 Å². The second-order valence-electron chi connectivity index (χ2n) is 6.89. The number of hydrogen-bond acceptors (Lipinski definition) is 9. The third-order valence-corrected chi connectivity index (χ3v) is 5.08. The lowest BCUT2D eigenvalue weighted by atomic mass is 10.1. The molecule has 0 bridgehead atoms. The first-order valence-corrected chi connectivity index (χ1v) is 8.99. The van der Waals surface area contributed by atoms with Crippen molar-refractivity contribution in [1.82, 2.24) is 39.4 Å². The van der Waals surface area contributed by atoms with Crippen LogP contribution in [0.25, 0.3) is 11.4 Å². The van der Waals surface area contributed by atoms with Crippen molar-refractivity contribution in [3.8, 4) is 0 Å². The quantitative estimate of drug-likeness (QED) is 0.485. The highest BCUT2D eigenvalue weighted by Gasteiger charge is 2.32. The Labute approximate surface area is 160 Å². The van der Waals surface area contributed by atoms with E-state index < -0.39 is 0 Å². The third kappa shape index (κ3) is 2.62. The molecule has 0 saturated carbocycles. The molecule has 1 aliphatic heterocycles. The number of nitrogens with zero attached hydrogens (tertiary/aromatic N) is 10. The fraction of sp³-hybridized carbons (Fsp3) is 0.412. The van der Waals surface area contributed by atoms with Gasteiger partial charge in [0.25, 0.3) is 5.78 Å². The Balaban J connectivity index is 1.37. The summed E-state index contributed by atoms with van der Waals surface area (Å²) < 4.78 is 8.76. The fourth-order valence-electron chi connectivity index (χ4n) is 3.45. The lowest BCUT2D eigenvalue weighted by molar-refractivity contribution is 0.181. The largest absolute Gasteiger partial charge is 0.378 e. The van der Waals surface area contributed by atoms with Gasteiger partial charge in [0.1, 0.15) is 18.0 Å². The van der Waals surface area contributed by atoms with Gasteiger partial charge in [-0.25, -0.2) is 4.98 Å². The van der Waals surface area contributed by atoms with Gasteiger partial charge in [0.05, 0.1) is 18.3 Å². The van der Waals surface area contributed by atoms with Crippen molar-refractivity contribution in [2.75, 3.05) is 37.0 Å². The SMILES string of the molecule is COCc1cc(N(C)C2CN(c3ccc4nnc(C)n4n3)C2)n2ncnc2n1. The molecular weight excluding hydrogens is 360 g/mol. The first-order chi connectivity index (χ1) is 13.6. The maximum Gasteiger partial charge on any atom is 0.254 e. The molecule has 0 unspecified atom stereocenters. The van der Waals surface area contributed by atoms with Crippen molar-refractivity contribution in [2.45, 2.75) is 19.6 Å². The molecular formula is C17H20N10O. The molecule has 11 heteroatoms. The van der Waals surface area contributed by atoms with Gasteiger partial charge in [0.15, 0.2) is 11.5 Å². The molecule has 0 atom stereocenters. The zero-order chi connectivity index (χ0) is 19.3. The minimum absolute atomic E-state index is 0.324. The number of hydrogen-bond donors (Lipinski definition) is 0. The Morgan fingerprint density at radius 2 is 2.07 bits per heavy atom.